The average Bonchev–Trinajstić information content (AvgIpc) is 3.25. The Balaban J connectivity index is 1.70. The standard InChI is InChI=1S/C17H20N2O3S/c1-11(2)13-9-14(22-18-13)17(21)19-7-3-5-12(10-19)16(20)15-6-4-8-23-15/h4,6,8-9,11-12H,3,5,7,10H2,1-2H3. The second kappa shape index (κ2) is 6.66. The highest BCUT2D eigenvalue weighted by atomic mass is 32.1. The van der Waals surface area contributed by atoms with Gasteiger partial charge in [0.1, 0.15) is 0 Å². The van der Waals surface area contributed by atoms with Crippen LogP contribution in [0.5, 0.6) is 0 Å². The van der Waals surface area contributed by atoms with Gasteiger partial charge in [-0.15, -0.1) is 11.3 Å². The second-order valence-electron chi connectivity index (χ2n) is 6.20. The molecule has 3 heterocycles. The summed E-state index contributed by atoms with van der Waals surface area (Å²) in [4.78, 5) is 27.6. The molecule has 0 spiro atoms. The van der Waals surface area contributed by atoms with Crippen molar-refractivity contribution in [1.29, 1.82) is 0 Å². The molecule has 0 aromatic carbocycles. The molecule has 0 radical (unpaired) electrons. The summed E-state index contributed by atoms with van der Waals surface area (Å²) in [5.41, 5.74) is 0.775. The number of rotatable bonds is 4. The molecule has 1 saturated heterocycles. The number of likely N-dealkylation sites (tertiary alicyclic amines) is 1. The van der Waals surface area contributed by atoms with Crippen LogP contribution < -0.4 is 0 Å². The number of ketones is 1. The van der Waals surface area contributed by atoms with Gasteiger partial charge in [0.2, 0.25) is 5.76 Å². The molecular formula is C17H20N2O3S. The van der Waals surface area contributed by atoms with Crippen LogP contribution in [0.3, 0.4) is 0 Å². The second-order valence-corrected chi connectivity index (χ2v) is 7.15. The zero-order valence-corrected chi connectivity index (χ0v) is 14.1. The number of Topliss-reactive ketones (excluding diaryl/α,β-unsaturated/α-hetero) is 1. The molecule has 3 rings (SSSR count). The summed E-state index contributed by atoms with van der Waals surface area (Å²) >= 11 is 1.46. The van der Waals surface area contributed by atoms with Crippen molar-refractivity contribution in [1.82, 2.24) is 10.1 Å². The highest BCUT2D eigenvalue weighted by Crippen LogP contribution is 2.25. The van der Waals surface area contributed by atoms with E-state index in [4.69, 9.17) is 4.52 Å². The van der Waals surface area contributed by atoms with Crippen molar-refractivity contribution in [2.45, 2.75) is 32.6 Å². The number of carbonyl (C=O) groups is 2. The molecule has 1 unspecified atom stereocenters. The Morgan fingerprint density at radius 2 is 2.26 bits per heavy atom. The molecule has 5 nitrogen and oxygen atoms in total. The zero-order chi connectivity index (χ0) is 16.4. The Morgan fingerprint density at radius 3 is 2.91 bits per heavy atom. The SMILES string of the molecule is CC(C)c1cc(C(=O)N2CCCC(C(=O)c3cccs3)C2)on1. The Bertz CT molecular complexity index is 691. The molecule has 122 valence electrons. The van der Waals surface area contributed by atoms with Crippen molar-refractivity contribution in [3.63, 3.8) is 0 Å². The largest absolute Gasteiger partial charge is 0.351 e. The topological polar surface area (TPSA) is 63.4 Å². The number of aromatic nitrogens is 1. The summed E-state index contributed by atoms with van der Waals surface area (Å²) in [7, 11) is 0. The summed E-state index contributed by atoms with van der Waals surface area (Å²) in [5, 5.41) is 5.84. The van der Waals surface area contributed by atoms with E-state index in [1.807, 2.05) is 31.4 Å². The van der Waals surface area contributed by atoms with E-state index < -0.39 is 0 Å². The molecule has 1 fully saturated rings. The van der Waals surface area contributed by atoms with Gasteiger partial charge in [-0.1, -0.05) is 25.1 Å². The van der Waals surface area contributed by atoms with Gasteiger partial charge in [0.25, 0.3) is 5.91 Å². The molecule has 1 atom stereocenters. The van der Waals surface area contributed by atoms with Crippen LogP contribution in [0.15, 0.2) is 28.1 Å². The predicted molar refractivity (Wildman–Crippen MR) is 87.9 cm³/mol. The van der Waals surface area contributed by atoms with E-state index in [0.717, 1.165) is 23.4 Å². The monoisotopic (exact) mass is 332 g/mol. The van der Waals surface area contributed by atoms with Gasteiger partial charge in [-0.05, 0) is 30.2 Å². The van der Waals surface area contributed by atoms with E-state index in [1.54, 1.807) is 11.0 Å². The smallest absolute Gasteiger partial charge is 0.292 e. The van der Waals surface area contributed by atoms with Crippen molar-refractivity contribution >= 4 is 23.0 Å². The first-order valence-electron chi connectivity index (χ1n) is 7.90. The van der Waals surface area contributed by atoms with Crippen molar-refractivity contribution in [2.75, 3.05) is 13.1 Å². The summed E-state index contributed by atoms with van der Waals surface area (Å²) in [6.45, 7) is 5.11. The number of piperidine rings is 1. The maximum Gasteiger partial charge on any atom is 0.292 e. The first-order chi connectivity index (χ1) is 11.1. The molecule has 6 heteroatoms. The van der Waals surface area contributed by atoms with Crippen LogP contribution in [0.2, 0.25) is 0 Å². The molecule has 1 aliphatic heterocycles. The minimum absolute atomic E-state index is 0.126. The normalized spacial score (nSPS) is 18.4. The molecule has 1 aliphatic rings. The van der Waals surface area contributed by atoms with Gasteiger partial charge < -0.3 is 9.42 Å². The third kappa shape index (κ3) is 3.37. The molecule has 2 aromatic rings. The lowest BCUT2D eigenvalue weighted by atomic mass is 9.93. The molecule has 2 aromatic heterocycles. The molecule has 0 N–H and O–H groups in total. The van der Waals surface area contributed by atoms with Crippen LogP contribution >= 0.6 is 11.3 Å². The lowest BCUT2D eigenvalue weighted by molar-refractivity contribution is 0.0604. The Morgan fingerprint density at radius 1 is 1.43 bits per heavy atom. The van der Waals surface area contributed by atoms with E-state index in [1.165, 1.54) is 11.3 Å². The quantitative estimate of drug-likeness (QED) is 0.803. The fourth-order valence-corrected chi connectivity index (χ4v) is 3.56. The van der Waals surface area contributed by atoms with Gasteiger partial charge in [0.05, 0.1) is 10.6 Å². The maximum absolute atomic E-state index is 12.6. The van der Waals surface area contributed by atoms with Crippen LogP contribution in [-0.4, -0.2) is 34.8 Å². The summed E-state index contributed by atoms with van der Waals surface area (Å²) in [6, 6.07) is 5.43. The van der Waals surface area contributed by atoms with Gasteiger partial charge in [-0.2, -0.15) is 0 Å². The predicted octanol–water partition coefficient (Wildman–Crippen LogP) is 3.59. The molecule has 0 aliphatic carbocycles. The summed E-state index contributed by atoms with van der Waals surface area (Å²) in [5.74, 6) is 0.317. The van der Waals surface area contributed by atoms with Gasteiger partial charge >= 0.3 is 0 Å². The Labute approximate surface area is 139 Å². The number of nitrogens with zero attached hydrogens (tertiary/aromatic N) is 2. The molecule has 23 heavy (non-hydrogen) atoms. The van der Waals surface area contributed by atoms with E-state index >= 15 is 0 Å². The highest BCUT2D eigenvalue weighted by Gasteiger charge is 2.31. The molecule has 1 amide bonds. The van der Waals surface area contributed by atoms with Gasteiger partial charge in [0, 0.05) is 25.1 Å². The van der Waals surface area contributed by atoms with Crippen molar-refractivity contribution < 1.29 is 14.1 Å². The van der Waals surface area contributed by atoms with Crippen LogP contribution in [0.1, 0.15) is 58.5 Å². The van der Waals surface area contributed by atoms with E-state index in [0.29, 0.717) is 13.1 Å². The van der Waals surface area contributed by atoms with Crippen molar-refractivity contribution in [2.24, 2.45) is 5.92 Å². The maximum atomic E-state index is 12.6. The summed E-state index contributed by atoms with van der Waals surface area (Å²) in [6.07, 6.45) is 1.66. The minimum Gasteiger partial charge on any atom is -0.351 e. The highest BCUT2D eigenvalue weighted by molar-refractivity contribution is 7.12. The van der Waals surface area contributed by atoms with Gasteiger partial charge in [-0.25, -0.2) is 0 Å². The van der Waals surface area contributed by atoms with Crippen molar-refractivity contribution in [3.05, 3.63) is 39.9 Å². The third-order valence-corrected chi connectivity index (χ3v) is 5.06. The fourth-order valence-electron chi connectivity index (χ4n) is 2.81. The van der Waals surface area contributed by atoms with E-state index in [9.17, 15) is 9.59 Å². The van der Waals surface area contributed by atoms with E-state index in [2.05, 4.69) is 5.16 Å². The minimum atomic E-state index is -0.173. The average molecular weight is 332 g/mol. The van der Waals surface area contributed by atoms with Gasteiger partial charge in [0.15, 0.2) is 5.78 Å². The lowest BCUT2D eigenvalue weighted by Gasteiger charge is -2.31. The Kier molecular flexibility index (Phi) is 4.61. The lowest BCUT2D eigenvalue weighted by Crippen LogP contribution is -2.42. The first kappa shape index (κ1) is 15.9. The third-order valence-electron chi connectivity index (χ3n) is 4.17. The number of hydrogen-bond acceptors (Lipinski definition) is 5. The fraction of sp³-hybridized carbons (Fsp3) is 0.471. The summed E-state index contributed by atoms with van der Waals surface area (Å²) < 4.78 is 5.18. The molecular weight excluding hydrogens is 312 g/mol. The van der Waals surface area contributed by atoms with Crippen LogP contribution in [0.25, 0.3) is 0 Å². The number of thiophene rings is 1. The number of hydrogen-bond donors (Lipinski definition) is 0. The Hall–Kier alpha value is -1.95. The molecule has 0 bridgehead atoms. The first-order valence-corrected chi connectivity index (χ1v) is 8.78. The van der Waals surface area contributed by atoms with Crippen LogP contribution in [-0.2, 0) is 0 Å². The zero-order valence-electron chi connectivity index (χ0n) is 13.3. The number of amides is 1. The van der Waals surface area contributed by atoms with Gasteiger partial charge in [-0.3, -0.25) is 9.59 Å². The van der Waals surface area contributed by atoms with E-state index in [-0.39, 0.29) is 29.3 Å². The van der Waals surface area contributed by atoms with Crippen LogP contribution in [0.4, 0.5) is 0 Å². The van der Waals surface area contributed by atoms with Crippen molar-refractivity contribution in [3.8, 4) is 0 Å². The molecule has 0 saturated carbocycles. The van der Waals surface area contributed by atoms with Crippen LogP contribution in [0, 0.1) is 5.92 Å². The number of carbonyl (C=O) groups excluding carboxylic acids is 2.